The molecule has 24 heavy (non-hydrogen) atoms. The number of piperidine rings is 1. The second kappa shape index (κ2) is 4.81. The number of nitrogens with zero attached hydrogens (tertiary/aromatic N) is 3. The fraction of sp³-hybridized carbons (Fsp3) is 0.438. The summed E-state index contributed by atoms with van der Waals surface area (Å²) < 4.78 is 43.1. The van der Waals surface area contributed by atoms with E-state index in [0.717, 1.165) is 18.6 Å². The average Bonchev–Trinajstić information content (AvgIpc) is 2.89. The highest BCUT2D eigenvalue weighted by atomic mass is 19.4. The third-order valence-corrected chi connectivity index (χ3v) is 4.85. The number of hydrogen-bond donors (Lipinski definition) is 0. The maximum Gasteiger partial charge on any atom is 0.416 e. The molecule has 1 amide bonds. The highest BCUT2D eigenvalue weighted by molar-refractivity contribution is 5.94. The maximum atomic E-state index is 12.6. The monoisotopic (exact) mass is 337 g/mol. The number of halogens is 3. The second-order valence-electron chi connectivity index (χ2n) is 6.46. The number of alkyl halides is 3. The van der Waals surface area contributed by atoms with Gasteiger partial charge in [-0.15, -0.1) is 0 Å². The molecule has 5 nitrogen and oxygen atoms in total. The van der Waals surface area contributed by atoms with Crippen LogP contribution in [0.1, 0.15) is 34.1 Å². The SMILES string of the molecule is Cc1noc([C@]23C[C@H]2CN(C(=O)c2ccc(C(F)(F)F)cc2)C3)n1. The summed E-state index contributed by atoms with van der Waals surface area (Å²) >= 11 is 0. The van der Waals surface area contributed by atoms with Crippen molar-refractivity contribution in [2.75, 3.05) is 13.1 Å². The first-order valence-electron chi connectivity index (χ1n) is 7.57. The molecule has 1 aromatic heterocycles. The van der Waals surface area contributed by atoms with Crippen LogP contribution in [0.4, 0.5) is 13.2 Å². The molecule has 8 heteroatoms. The number of likely N-dealkylation sites (tertiary alicyclic amines) is 1. The lowest BCUT2D eigenvalue weighted by Gasteiger charge is -2.20. The molecule has 1 saturated carbocycles. The predicted molar refractivity (Wildman–Crippen MR) is 76.2 cm³/mol. The summed E-state index contributed by atoms with van der Waals surface area (Å²) in [5.41, 5.74) is -0.787. The molecule has 2 heterocycles. The summed E-state index contributed by atoms with van der Waals surface area (Å²) in [5.74, 6) is 1.10. The van der Waals surface area contributed by atoms with Crippen molar-refractivity contribution in [3.05, 3.63) is 47.1 Å². The van der Waals surface area contributed by atoms with Crippen LogP contribution in [0.15, 0.2) is 28.8 Å². The van der Waals surface area contributed by atoms with Gasteiger partial charge in [0.2, 0.25) is 5.89 Å². The lowest BCUT2D eigenvalue weighted by molar-refractivity contribution is -0.137. The van der Waals surface area contributed by atoms with Gasteiger partial charge in [-0.2, -0.15) is 18.2 Å². The Kier molecular flexibility index (Phi) is 3.04. The number of aryl methyl sites for hydroxylation is 1. The van der Waals surface area contributed by atoms with Gasteiger partial charge in [-0.05, 0) is 43.5 Å². The van der Waals surface area contributed by atoms with Gasteiger partial charge in [0, 0.05) is 18.7 Å². The summed E-state index contributed by atoms with van der Waals surface area (Å²) in [6.45, 7) is 2.75. The summed E-state index contributed by atoms with van der Waals surface area (Å²) in [5, 5.41) is 3.80. The third kappa shape index (κ3) is 2.28. The molecule has 0 spiro atoms. The molecule has 0 unspecified atom stereocenters. The van der Waals surface area contributed by atoms with E-state index in [1.54, 1.807) is 11.8 Å². The Bertz CT molecular complexity index is 800. The number of amides is 1. The first kappa shape index (κ1) is 15.2. The highest BCUT2D eigenvalue weighted by Crippen LogP contribution is 2.58. The van der Waals surface area contributed by atoms with Crippen LogP contribution in [-0.2, 0) is 11.6 Å². The molecular formula is C16H14F3N3O2. The number of fused-ring (bicyclic) bond motifs is 1. The summed E-state index contributed by atoms with van der Waals surface area (Å²) in [6, 6.07) is 4.31. The van der Waals surface area contributed by atoms with E-state index in [2.05, 4.69) is 10.1 Å². The van der Waals surface area contributed by atoms with Crippen LogP contribution >= 0.6 is 0 Å². The zero-order valence-electron chi connectivity index (χ0n) is 12.8. The van der Waals surface area contributed by atoms with E-state index < -0.39 is 11.7 Å². The Balaban J connectivity index is 1.51. The normalized spacial score (nSPS) is 25.7. The number of rotatable bonds is 2. The fourth-order valence-electron chi connectivity index (χ4n) is 3.45. The summed E-state index contributed by atoms with van der Waals surface area (Å²) in [4.78, 5) is 18.5. The molecule has 0 bridgehead atoms. The van der Waals surface area contributed by atoms with Crippen molar-refractivity contribution in [1.82, 2.24) is 15.0 Å². The second-order valence-corrected chi connectivity index (χ2v) is 6.46. The zero-order valence-corrected chi connectivity index (χ0v) is 12.8. The Labute approximate surface area is 135 Å². The highest BCUT2D eigenvalue weighted by Gasteiger charge is 2.65. The average molecular weight is 337 g/mol. The number of carbonyl (C=O) groups is 1. The van der Waals surface area contributed by atoms with Crippen molar-refractivity contribution < 1.29 is 22.5 Å². The van der Waals surface area contributed by atoms with E-state index in [1.807, 2.05) is 0 Å². The van der Waals surface area contributed by atoms with Crippen molar-refractivity contribution in [2.45, 2.75) is 24.9 Å². The number of hydrogen-bond acceptors (Lipinski definition) is 4. The summed E-state index contributed by atoms with van der Waals surface area (Å²) in [7, 11) is 0. The fourth-order valence-corrected chi connectivity index (χ4v) is 3.45. The van der Waals surface area contributed by atoms with Crippen LogP contribution in [0, 0.1) is 12.8 Å². The molecule has 2 fully saturated rings. The Morgan fingerprint density at radius 3 is 2.62 bits per heavy atom. The molecule has 2 aliphatic rings. The van der Waals surface area contributed by atoms with Gasteiger partial charge in [0.15, 0.2) is 5.82 Å². The number of carbonyl (C=O) groups excluding carboxylic acids is 1. The number of benzene rings is 1. The van der Waals surface area contributed by atoms with E-state index in [1.165, 1.54) is 12.1 Å². The Morgan fingerprint density at radius 2 is 2.04 bits per heavy atom. The maximum absolute atomic E-state index is 12.6. The van der Waals surface area contributed by atoms with Gasteiger partial charge in [-0.3, -0.25) is 4.79 Å². The van der Waals surface area contributed by atoms with Gasteiger partial charge in [-0.25, -0.2) is 0 Å². The molecule has 1 saturated heterocycles. The molecule has 1 aromatic carbocycles. The molecule has 2 aromatic rings. The van der Waals surface area contributed by atoms with Crippen molar-refractivity contribution in [2.24, 2.45) is 5.92 Å². The first-order valence-corrected chi connectivity index (χ1v) is 7.57. The molecule has 126 valence electrons. The molecular weight excluding hydrogens is 323 g/mol. The largest absolute Gasteiger partial charge is 0.416 e. The lowest BCUT2D eigenvalue weighted by Crippen LogP contribution is -2.33. The van der Waals surface area contributed by atoms with Gasteiger partial charge in [-0.1, -0.05) is 5.16 Å². The van der Waals surface area contributed by atoms with Gasteiger partial charge >= 0.3 is 6.18 Å². The molecule has 1 aliphatic carbocycles. The minimum atomic E-state index is -4.41. The lowest BCUT2D eigenvalue weighted by atomic mass is 10.1. The van der Waals surface area contributed by atoms with Gasteiger partial charge in [0.1, 0.15) is 0 Å². The van der Waals surface area contributed by atoms with E-state index in [4.69, 9.17) is 4.52 Å². The van der Waals surface area contributed by atoms with Crippen molar-refractivity contribution in [3.63, 3.8) is 0 Å². The molecule has 4 rings (SSSR count). The van der Waals surface area contributed by atoms with Crippen LogP contribution < -0.4 is 0 Å². The third-order valence-electron chi connectivity index (χ3n) is 4.85. The minimum Gasteiger partial charge on any atom is -0.339 e. The van der Waals surface area contributed by atoms with Gasteiger partial charge in [0.05, 0.1) is 11.0 Å². The quantitative estimate of drug-likeness (QED) is 0.845. The van der Waals surface area contributed by atoms with Crippen LogP contribution in [0.3, 0.4) is 0 Å². The van der Waals surface area contributed by atoms with E-state index in [9.17, 15) is 18.0 Å². The first-order chi connectivity index (χ1) is 11.3. The standard InChI is InChI=1S/C16H14F3N3O2/c1-9-20-14(24-21-9)15-6-12(15)7-22(8-15)13(23)10-2-4-11(5-3-10)16(17,18)19/h2-5,12H,6-8H2,1H3/t12-,15-/m0/s1. The number of aromatic nitrogens is 2. The predicted octanol–water partition coefficient (Wildman–Crippen LogP) is 2.81. The van der Waals surface area contributed by atoms with Crippen molar-refractivity contribution in [1.29, 1.82) is 0 Å². The minimum absolute atomic E-state index is 0.251. The summed E-state index contributed by atoms with van der Waals surface area (Å²) in [6.07, 6.45) is -3.51. The molecule has 2 atom stereocenters. The van der Waals surface area contributed by atoms with Gasteiger partial charge < -0.3 is 9.42 Å². The smallest absolute Gasteiger partial charge is 0.339 e. The van der Waals surface area contributed by atoms with Crippen molar-refractivity contribution >= 4 is 5.91 Å². The van der Waals surface area contributed by atoms with Crippen molar-refractivity contribution in [3.8, 4) is 0 Å². The Morgan fingerprint density at radius 1 is 1.33 bits per heavy atom. The van der Waals surface area contributed by atoms with E-state index in [0.29, 0.717) is 24.8 Å². The molecule has 1 aliphatic heterocycles. The zero-order chi connectivity index (χ0) is 17.1. The van der Waals surface area contributed by atoms with Crippen LogP contribution in [0.5, 0.6) is 0 Å². The van der Waals surface area contributed by atoms with Crippen LogP contribution in [0.25, 0.3) is 0 Å². The Hall–Kier alpha value is -2.38. The van der Waals surface area contributed by atoms with E-state index >= 15 is 0 Å². The van der Waals surface area contributed by atoms with Crippen LogP contribution in [0.2, 0.25) is 0 Å². The molecule has 0 N–H and O–H groups in total. The van der Waals surface area contributed by atoms with E-state index in [-0.39, 0.29) is 22.8 Å². The van der Waals surface area contributed by atoms with Gasteiger partial charge in [0.25, 0.3) is 5.91 Å². The topological polar surface area (TPSA) is 59.2 Å². The van der Waals surface area contributed by atoms with Crippen LogP contribution in [-0.4, -0.2) is 34.0 Å². The molecule has 0 radical (unpaired) electrons.